The van der Waals surface area contributed by atoms with Gasteiger partial charge in [0.25, 0.3) is 0 Å². The van der Waals surface area contributed by atoms with Crippen molar-refractivity contribution in [2.75, 3.05) is 0 Å². The Labute approximate surface area is 110 Å². The van der Waals surface area contributed by atoms with E-state index in [1.165, 1.54) is 11.3 Å². The number of thiazole rings is 1. The van der Waals surface area contributed by atoms with Crippen molar-refractivity contribution in [1.29, 1.82) is 0 Å². The molecule has 1 aromatic heterocycles. The molecule has 17 heavy (non-hydrogen) atoms. The van der Waals surface area contributed by atoms with Crippen LogP contribution in [0.25, 0.3) is 0 Å². The molecule has 0 atom stereocenters. The Morgan fingerprint density at radius 3 is 2.76 bits per heavy atom. The smallest absolute Gasteiger partial charge is 0.0972 e. The van der Waals surface area contributed by atoms with Gasteiger partial charge in [-0.1, -0.05) is 23.7 Å². The molecule has 0 saturated heterocycles. The van der Waals surface area contributed by atoms with Crippen LogP contribution in [-0.4, -0.2) is 10.1 Å². The molecule has 0 aliphatic rings. The topological polar surface area (TPSA) is 33.1 Å². The van der Waals surface area contributed by atoms with Crippen LogP contribution in [0.1, 0.15) is 29.3 Å². The van der Waals surface area contributed by atoms with Crippen molar-refractivity contribution >= 4 is 22.9 Å². The number of nitrogens with zero attached hydrogens (tertiary/aromatic N) is 1. The third-order valence-corrected chi connectivity index (χ3v) is 3.95. The number of rotatable bonds is 3. The molecule has 90 valence electrons. The number of aliphatic hydroxyl groups is 1. The maximum atomic E-state index is 9.86. The van der Waals surface area contributed by atoms with Gasteiger partial charge in [0.2, 0.25) is 0 Å². The SMILES string of the molecule is CC(C)(O)c1cnc(Cc2cccc(Cl)c2)s1. The minimum absolute atomic E-state index is 0.738. The molecule has 1 N–H and O–H groups in total. The Hall–Kier alpha value is -0.900. The van der Waals surface area contributed by atoms with Gasteiger partial charge in [-0.3, -0.25) is 0 Å². The summed E-state index contributed by atoms with van der Waals surface area (Å²) in [5, 5.41) is 11.6. The average molecular weight is 268 g/mol. The third-order valence-electron chi connectivity index (χ3n) is 2.40. The van der Waals surface area contributed by atoms with Gasteiger partial charge in [0.15, 0.2) is 0 Å². The fraction of sp³-hybridized carbons (Fsp3) is 0.308. The zero-order chi connectivity index (χ0) is 12.5. The van der Waals surface area contributed by atoms with Crippen molar-refractivity contribution < 1.29 is 5.11 Å². The Kier molecular flexibility index (Phi) is 3.52. The maximum Gasteiger partial charge on any atom is 0.0972 e. The molecule has 1 heterocycles. The van der Waals surface area contributed by atoms with Crippen LogP contribution in [0.4, 0.5) is 0 Å². The van der Waals surface area contributed by atoms with E-state index in [0.717, 1.165) is 26.9 Å². The molecule has 0 unspecified atom stereocenters. The Bertz CT molecular complexity index is 516. The summed E-state index contributed by atoms with van der Waals surface area (Å²) >= 11 is 7.47. The van der Waals surface area contributed by atoms with E-state index < -0.39 is 5.60 Å². The molecule has 0 bridgehead atoms. The molecule has 2 aromatic rings. The molecule has 0 aliphatic carbocycles. The van der Waals surface area contributed by atoms with Crippen molar-refractivity contribution in [3.05, 3.63) is 50.9 Å². The molecule has 4 heteroatoms. The highest BCUT2D eigenvalue weighted by atomic mass is 35.5. The molecule has 1 aromatic carbocycles. The average Bonchev–Trinajstić information content (AvgIpc) is 2.65. The standard InChI is InChI=1S/C13H14ClNOS/c1-13(2,16)11-8-15-12(17-11)7-9-4-3-5-10(14)6-9/h3-6,8,16H,7H2,1-2H3. The fourth-order valence-electron chi connectivity index (χ4n) is 1.50. The van der Waals surface area contributed by atoms with E-state index in [-0.39, 0.29) is 0 Å². The zero-order valence-electron chi connectivity index (χ0n) is 9.77. The molecule has 0 radical (unpaired) electrons. The Morgan fingerprint density at radius 2 is 2.18 bits per heavy atom. The van der Waals surface area contributed by atoms with Crippen LogP contribution in [0.3, 0.4) is 0 Å². The Morgan fingerprint density at radius 1 is 1.41 bits per heavy atom. The van der Waals surface area contributed by atoms with Gasteiger partial charge in [0, 0.05) is 17.6 Å². The lowest BCUT2D eigenvalue weighted by atomic mass is 10.1. The van der Waals surface area contributed by atoms with E-state index in [9.17, 15) is 5.11 Å². The van der Waals surface area contributed by atoms with Gasteiger partial charge in [-0.15, -0.1) is 11.3 Å². The molecule has 0 fully saturated rings. The first-order chi connectivity index (χ1) is 7.95. The first-order valence-electron chi connectivity index (χ1n) is 5.37. The van der Waals surface area contributed by atoms with Gasteiger partial charge in [-0.2, -0.15) is 0 Å². The van der Waals surface area contributed by atoms with E-state index in [0.29, 0.717) is 0 Å². The maximum absolute atomic E-state index is 9.86. The largest absolute Gasteiger partial charge is 0.385 e. The molecular weight excluding hydrogens is 254 g/mol. The van der Waals surface area contributed by atoms with Crippen LogP contribution < -0.4 is 0 Å². The lowest BCUT2D eigenvalue weighted by molar-refractivity contribution is 0.0823. The third kappa shape index (κ3) is 3.28. The van der Waals surface area contributed by atoms with Crippen molar-refractivity contribution in [3.63, 3.8) is 0 Å². The van der Waals surface area contributed by atoms with Gasteiger partial charge in [0.1, 0.15) is 0 Å². The summed E-state index contributed by atoms with van der Waals surface area (Å²) in [4.78, 5) is 5.21. The summed E-state index contributed by atoms with van der Waals surface area (Å²) < 4.78 is 0. The van der Waals surface area contributed by atoms with E-state index >= 15 is 0 Å². The molecule has 2 nitrogen and oxygen atoms in total. The second kappa shape index (κ2) is 4.77. The van der Waals surface area contributed by atoms with Crippen LogP contribution in [-0.2, 0) is 12.0 Å². The minimum atomic E-state index is -0.815. The predicted molar refractivity (Wildman–Crippen MR) is 71.6 cm³/mol. The van der Waals surface area contributed by atoms with Crippen molar-refractivity contribution in [3.8, 4) is 0 Å². The van der Waals surface area contributed by atoms with Crippen LogP contribution in [0.5, 0.6) is 0 Å². The summed E-state index contributed by atoms with van der Waals surface area (Å²) in [5.74, 6) is 0. The van der Waals surface area contributed by atoms with Crippen molar-refractivity contribution in [2.24, 2.45) is 0 Å². The van der Waals surface area contributed by atoms with Crippen LogP contribution in [0.15, 0.2) is 30.5 Å². The fourth-order valence-corrected chi connectivity index (χ4v) is 2.66. The number of hydrogen-bond donors (Lipinski definition) is 1. The lowest BCUT2D eigenvalue weighted by Gasteiger charge is -2.13. The molecule has 0 aliphatic heterocycles. The number of benzene rings is 1. The second-order valence-electron chi connectivity index (χ2n) is 4.48. The number of aromatic nitrogens is 1. The minimum Gasteiger partial charge on any atom is -0.385 e. The van der Waals surface area contributed by atoms with Gasteiger partial charge >= 0.3 is 0 Å². The van der Waals surface area contributed by atoms with Gasteiger partial charge in [-0.05, 0) is 31.5 Å². The highest BCUT2D eigenvalue weighted by molar-refractivity contribution is 7.11. The van der Waals surface area contributed by atoms with Gasteiger partial charge in [-0.25, -0.2) is 4.98 Å². The number of hydrogen-bond acceptors (Lipinski definition) is 3. The molecule has 2 rings (SSSR count). The summed E-state index contributed by atoms with van der Waals surface area (Å²) in [6.45, 7) is 3.54. The highest BCUT2D eigenvalue weighted by Gasteiger charge is 2.19. The summed E-state index contributed by atoms with van der Waals surface area (Å²) in [7, 11) is 0. The quantitative estimate of drug-likeness (QED) is 0.922. The highest BCUT2D eigenvalue weighted by Crippen LogP contribution is 2.27. The van der Waals surface area contributed by atoms with Crippen molar-refractivity contribution in [1.82, 2.24) is 4.98 Å². The van der Waals surface area contributed by atoms with E-state index in [1.54, 1.807) is 20.0 Å². The summed E-state index contributed by atoms with van der Waals surface area (Å²) in [5.41, 5.74) is 0.318. The van der Waals surface area contributed by atoms with Crippen molar-refractivity contribution in [2.45, 2.75) is 25.9 Å². The first-order valence-corrected chi connectivity index (χ1v) is 6.56. The van der Waals surface area contributed by atoms with Crippen LogP contribution >= 0.6 is 22.9 Å². The normalized spacial score (nSPS) is 11.8. The molecule has 0 saturated carbocycles. The number of halogens is 1. The monoisotopic (exact) mass is 267 g/mol. The Balaban J connectivity index is 2.17. The lowest BCUT2D eigenvalue weighted by Crippen LogP contribution is -2.12. The van der Waals surface area contributed by atoms with E-state index in [2.05, 4.69) is 4.98 Å². The first kappa shape index (κ1) is 12.6. The molecule has 0 spiro atoms. The molecular formula is C13H14ClNOS. The second-order valence-corrected chi connectivity index (χ2v) is 6.04. The van der Waals surface area contributed by atoms with Crippen LogP contribution in [0.2, 0.25) is 5.02 Å². The van der Waals surface area contributed by atoms with Gasteiger partial charge < -0.3 is 5.11 Å². The van der Waals surface area contributed by atoms with E-state index in [1.807, 2.05) is 24.3 Å². The predicted octanol–water partition coefficient (Wildman–Crippen LogP) is 3.61. The van der Waals surface area contributed by atoms with Crippen LogP contribution in [0, 0.1) is 0 Å². The summed E-state index contributed by atoms with van der Waals surface area (Å²) in [6, 6.07) is 7.75. The zero-order valence-corrected chi connectivity index (χ0v) is 11.3. The summed E-state index contributed by atoms with van der Waals surface area (Å²) in [6.07, 6.45) is 2.49. The molecule has 0 amide bonds. The van der Waals surface area contributed by atoms with E-state index in [4.69, 9.17) is 11.6 Å². The van der Waals surface area contributed by atoms with Gasteiger partial charge in [0.05, 0.1) is 15.5 Å².